The van der Waals surface area contributed by atoms with Crippen molar-refractivity contribution in [2.45, 2.75) is 5.92 Å². The fraction of sp³-hybridized carbons (Fsp3) is 0.161. The van der Waals surface area contributed by atoms with E-state index in [0.29, 0.717) is 41.3 Å². The second kappa shape index (κ2) is 11.4. The molecule has 3 aromatic carbocycles. The number of aromatic nitrogens is 1. The van der Waals surface area contributed by atoms with E-state index in [1.807, 2.05) is 73.6 Å². The summed E-state index contributed by atoms with van der Waals surface area (Å²) in [5, 5.41) is 2.79. The van der Waals surface area contributed by atoms with E-state index in [-0.39, 0.29) is 11.8 Å². The lowest BCUT2D eigenvalue weighted by molar-refractivity contribution is -0.115. The number of amides is 2. The molecule has 0 spiro atoms. The van der Waals surface area contributed by atoms with Crippen LogP contribution in [0.4, 0.5) is 21.5 Å². The zero-order valence-electron chi connectivity index (χ0n) is 21.7. The monoisotopic (exact) mass is 521 g/mol. The van der Waals surface area contributed by atoms with Gasteiger partial charge in [-0.15, -0.1) is 0 Å². The normalized spacial score (nSPS) is 14.7. The van der Waals surface area contributed by atoms with Gasteiger partial charge in [-0.1, -0.05) is 36.4 Å². The molecule has 0 radical (unpaired) electrons. The van der Waals surface area contributed by atoms with Crippen LogP contribution in [0, 0.1) is 5.82 Å². The number of nitrogens with one attached hydrogen (secondary N) is 1. The van der Waals surface area contributed by atoms with Crippen LogP contribution in [0.25, 0.3) is 0 Å². The van der Waals surface area contributed by atoms with Crippen LogP contribution in [0.1, 0.15) is 27.4 Å². The van der Waals surface area contributed by atoms with Gasteiger partial charge in [0.2, 0.25) is 5.91 Å². The van der Waals surface area contributed by atoms with Crippen LogP contribution < -0.4 is 10.2 Å². The van der Waals surface area contributed by atoms with Gasteiger partial charge in [-0.2, -0.15) is 0 Å². The Morgan fingerprint density at radius 3 is 2.38 bits per heavy atom. The average molecular weight is 522 g/mol. The van der Waals surface area contributed by atoms with Gasteiger partial charge in [0, 0.05) is 36.9 Å². The average Bonchev–Trinajstić information content (AvgIpc) is 3.27. The summed E-state index contributed by atoms with van der Waals surface area (Å²) in [6.45, 7) is 1.18. The molecule has 1 aromatic heterocycles. The van der Waals surface area contributed by atoms with Crippen LogP contribution in [-0.4, -0.2) is 54.6 Å². The Hall–Kier alpha value is -4.69. The Labute approximate surface area is 226 Å². The van der Waals surface area contributed by atoms with Crippen LogP contribution in [0.15, 0.2) is 102 Å². The number of hydrogen-bond acceptors (Lipinski definition) is 5. The lowest BCUT2D eigenvalue weighted by Gasteiger charge is -2.24. The molecule has 1 aliphatic rings. The molecule has 196 valence electrons. The fourth-order valence-corrected chi connectivity index (χ4v) is 4.55. The lowest BCUT2D eigenvalue weighted by atomic mass is 9.90. The Bertz CT molecular complexity index is 1510. The first kappa shape index (κ1) is 25.9. The van der Waals surface area contributed by atoms with Gasteiger partial charge in [0.15, 0.2) is 0 Å². The van der Waals surface area contributed by atoms with Gasteiger partial charge < -0.3 is 15.1 Å². The number of halogens is 1. The van der Waals surface area contributed by atoms with Crippen LogP contribution in [-0.2, 0) is 4.79 Å². The van der Waals surface area contributed by atoms with Gasteiger partial charge in [0.25, 0.3) is 5.91 Å². The molecule has 0 saturated heterocycles. The molecule has 8 heteroatoms. The second-order valence-corrected chi connectivity index (χ2v) is 9.54. The van der Waals surface area contributed by atoms with E-state index in [9.17, 15) is 14.0 Å². The summed E-state index contributed by atoms with van der Waals surface area (Å²) in [6, 6.07) is 24.6. The molecule has 5 rings (SSSR count). The molecule has 4 aromatic rings. The zero-order valence-corrected chi connectivity index (χ0v) is 21.7. The van der Waals surface area contributed by atoms with Gasteiger partial charge in [0.05, 0.1) is 17.0 Å². The summed E-state index contributed by atoms with van der Waals surface area (Å²) >= 11 is 0. The number of nitrogens with zero attached hydrogens (tertiary/aromatic N) is 4. The molecule has 1 atom stereocenters. The number of aliphatic imine (C=N–C) groups is 1. The number of rotatable bonds is 8. The summed E-state index contributed by atoms with van der Waals surface area (Å²) < 4.78 is 13.8. The third-order valence-electron chi connectivity index (χ3n) is 6.52. The molecule has 0 bridgehead atoms. The SMILES string of the molecule is CN(C)CCN(C(=O)c1cccnc1)c1ccc(N=C(c2ccccc2)C2C(=O)Nc3cc(F)ccc32)cc1. The summed E-state index contributed by atoms with van der Waals surface area (Å²) in [5.41, 5.74) is 4.34. The van der Waals surface area contributed by atoms with Crippen LogP contribution >= 0.6 is 0 Å². The Morgan fingerprint density at radius 2 is 1.69 bits per heavy atom. The van der Waals surface area contributed by atoms with Gasteiger partial charge >= 0.3 is 0 Å². The largest absolute Gasteiger partial charge is 0.325 e. The van der Waals surface area contributed by atoms with E-state index >= 15 is 0 Å². The molecule has 1 unspecified atom stereocenters. The molecule has 1 N–H and O–H groups in total. The number of benzene rings is 3. The summed E-state index contributed by atoms with van der Waals surface area (Å²) in [6.07, 6.45) is 3.20. The third-order valence-corrected chi connectivity index (χ3v) is 6.52. The van der Waals surface area contributed by atoms with Crippen molar-refractivity contribution in [2.24, 2.45) is 4.99 Å². The molecule has 2 heterocycles. The maximum absolute atomic E-state index is 13.8. The highest BCUT2D eigenvalue weighted by atomic mass is 19.1. The number of likely N-dealkylation sites (N-methyl/N-ethyl adjacent to an activating group) is 1. The van der Waals surface area contributed by atoms with Crippen molar-refractivity contribution >= 4 is 34.6 Å². The van der Waals surface area contributed by atoms with Crippen molar-refractivity contribution in [1.82, 2.24) is 9.88 Å². The standard InChI is InChI=1S/C31H28FN5O2/c1-36(2)17-18-37(31(39)22-9-6-16-33-20-22)25-13-11-24(12-14-25)34-29(21-7-4-3-5-8-21)28-26-15-10-23(32)19-27(26)35-30(28)38/h3-16,19-20,28H,17-18H2,1-2H3,(H,35,38). The molecule has 0 aliphatic carbocycles. The highest BCUT2D eigenvalue weighted by Crippen LogP contribution is 2.37. The first-order valence-corrected chi connectivity index (χ1v) is 12.6. The van der Waals surface area contributed by atoms with E-state index < -0.39 is 11.7 Å². The van der Waals surface area contributed by atoms with Gasteiger partial charge in [-0.3, -0.25) is 19.6 Å². The number of anilines is 2. The molecule has 0 fully saturated rings. The molecular weight excluding hydrogens is 493 g/mol. The number of carbonyl (C=O) groups is 2. The minimum atomic E-state index is -0.688. The molecule has 2 amide bonds. The smallest absolute Gasteiger partial charge is 0.259 e. The van der Waals surface area contributed by atoms with Crippen molar-refractivity contribution < 1.29 is 14.0 Å². The van der Waals surface area contributed by atoms with Gasteiger partial charge in [-0.25, -0.2) is 4.39 Å². The maximum atomic E-state index is 13.8. The Morgan fingerprint density at radius 1 is 0.949 bits per heavy atom. The molecule has 7 nitrogen and oxygen atoms in total. The van der Waals surface area contributed by atoms with Crippen molar-refractivity contribution in [3.63, 3.8) is 0 Å². The van der Waals surface area contributed by atoms with Gasteiger partial charge in [0.1, 0.15) is 11.7 Å². The fourth-order valence-electron chi connectivity index (χ4n) is 4.55. The van der Waals surface area contributed by atoms with Crippen molar-refractivity contribution in [2.75, 3.05) is 37.4 Å². The number of pyridine rings is 1. The minimum absolute atomic E-state index is 0.141. The number of carbonyl (C=O) groups excluding carboxylic acids is 2. The topological polar surface area (TPSA) is 77.9 Å². The van der Waals surface area contributed by atoms with Crippen LogP contribution in [0.3, 0.4) is 0 Å². The predicted molar refractivity (Wildman–Crippen MR) is 151 cm³/mol. The van der Waals surface area contributed by atoms with Crippen LogP contribution in [0.5, 0.6) is 0 Å². The van der Waals surface area contributed by atoms with Gasteiger partial charge in [-0.05, 0) is 73.8 Å². The highest BCUT2D eigenvalue weighted by molar-refractivity contribution is 6.24. The van der Waals surface area contributed by atoms with E-state index in [0.717, 1.165) is 11.3 Å². The first-order valence-electron chi connectivity index (χ1n) is 12.6. The molecular formula is C31H28FN5O2. The van der Waals surface area contributed by atoms with E-state index in [1.54, 1.807) is 35.5 Å². The third kappa shape index (κ3) is 5.76. The Kier molecular flexibility index (Phi) is 7.56. The van der Waals surface area contributed by atoms with Crippen LogP contribution in [0.2, 0.25) is 0 Å². The molecule has 39 heavy (non-hydrogen) atoms. The summed E-state index contributed by atoms with van der Waals surface area (Å²) in [5.74, 6) is -1.50. The summed E-state index contributed by atoms with van der Waals surface area (Å²) in [4.78, 5) is 39.1. The first-order chi connectivity index (χ1) is 18.9. The van der Waals surface area contributed by atoms with Crippen molar-refractivity contribution in [3.05, 3.63) is 120 Å². The maximum Gasteiger partial charge on any atom is 0.259 e. The van der Waals surface area contributed by atoms with E-state index in [2.05, 4.69) is 10.3 Å². The molecule has 0 saturated carbocycles. The second-order valence-electron chi connectivity index (χ2n) is 9.54. The van der Waals surface area contributed by atoms with Crippen molar-refractivity contribution in [3.8, 4) is 0 Å². The summed E-state index contributed by atoms with van der Waals surface area (Å²) in [7, 11) is 3.92. The van der Waals surface area contributed by atoms with E-state index in [4.69, 9.17) is 4.99 Å². The quantitative estimate of drug-likeness (QED) is 0.320. The molecule has 1 aliphatic heterocycles. The lowest BCUT2D eigenvalue weighted by Crippen LogP contribution is -2.36. The zero-order chi connectivity index (χ0) is 27.4. The number of hydrogen-bond donors (Lipinski definition) is 1. The number of fused-ring (bicyclic) bond motifs is 1. The minimum Gasteiger partial charge on any atom is -0.325 e. The highest BCUT2D eigenvalue weighted by Gasteiger charge is 2.35. The predicted octanol–water partition coefficient (Wildman–Crippen LogP) is 5.29. The Balaban J connectivity index is 1.51. The van der Waals surface area contributed by atoms with E-state index in [1.165, 1.54) is 12.1 Å². The van der Waals surface area contributed by atoms with Crippen molar-refractivity contribution in [1.29, 1.82) is 0 Å².